The van der Waals surface area contributed by atoms with E-state index in [4.69, 9.17) is 4.74 Å². The molecule has 0 unspecified atom stereocenters. The molecule has 0 fully saturated rings. The Hall–Kier alpha value is -2.94. The second-order valence-electron chi connectivity index (χ2n) is 8.50. The van der Waals surface area contributed by atoms with Crippen LogP contribution in [0.25, 0.3) is 11.3 Å². The molecule has 1 aliphatic heterocycles. The Kier molecular flexibility index (Phi) is 5.70. The molecule has 4 heteroatoms. The predicted molar refractivity (Wildman–Crippen MR) is 122 cm³/mol. The third-order valence-electron chi connectivity index (χ3n) is 5.38. The fourth-order valence-electron chi connectivity index (χ4n) is 3.75. The second kappa shape index (κ2) is 8.30. The van der Waals surface area contributed by atoms with Gasteiger partial charge in [-0.05, 0) is 47.0 Å². The summed E-state index contributed by atoms with van der Waals surface area (Å²) in [6.45, 7) is 6.69. The first kappa shape index (κ1) is 21.3. The number of ether oxygens (including phenoxy) is 1. The zero-order valence-electron chi connectivity index (χ0n) is 17.7. The van der Waals surface area contributed by atoms with Crippen LogP contribution in [-0.4, -0.2) is 4.98 Å². The molecule has 1 aliphatic rings. The first-order chi connectivity index (χ1) is 14.5. The molecule has 1 aromatic heterocycles. The summed E-state index contributed by atoms with van der Waals surface area (Å²) in [6, 6.07) is 30.3. The molecule has 5 rings (SSSR count). The molecule has 0 N–H and O–H groups in total. The topological polar surface area (TPSA) is 25.4 Å². The number of para-hydroxylation sites is 2. The monoisotopic (exact) mass is 584 g/mol. The Balaban J connectivity index is 0.00000231. The Morgan fingerprint density at radius 2 is 1.55 bits per heavy atom. The summed E-state index contributed by atoms with van der Waals surface area (Å²) in [6.07, 6.45) is 1.79. The summed E-state index contributed by atoms with van der Waals surface area (Å²) in [5, 5.41) is 0. The van der Waals surface area contributed by atoms with Crippen LogP contribution in [0.4, 0.5) is 17.1 Å². The van der Waals surface area contributed by atoms with Crippen molar-refractivity contribution in [2.45, 2.75) is 26.2 Å². The molecular weight excluding hydrogens is 561 g/mol. The molecule has 3 aromatic carbocycles. The number of nitrogens with zero attached hydrogens (tertiary/aromatic N) is 2. The second-order valence-corrected chi connectivity index (χ2v) is 8.50. The molecule has 0 aliphatic carbocycles. The van der Waals surface area contributed by atoms with Crippen LogP contribution < -0.4 is 9.64 Å². The van der Waals surface area contributed by atoms with Crippen LogP contribution in [0.3, 0.4) is 0 Å². The fourth-order valence-corrected chi connectivity index (χ4v) is 3.75. The molecule has 2 heterocycles. The van der Waals surface area contributed by atoms with Crippen LogP contribution in [0.1, 0.15) is 26.3 Å². The fraction of sp³-hybridized carbons (Fsp3) is 0.148. The Morgan fingerprint density at radius 1 is 0.806 bits per heavy atom. The van der Waals surface area contributed by atoms with Gasteiger partial charge >= 0.3 is 0 Å². The van der Waals surface area contributed by atoms with Crippen LogP contribution in [0.5, 0.6) is 11.5 Å². The quantitative estimate of drug-likeness (QED) is 0.202. The summed E-state index contributed by atoms with van der Waals surface area (Å²) < 4.78 is 6.24. The summed E-state index contributed by atoms with van der Waals surface area (Å²) in [5.41, 5.74) is 6.30. The first-order valence-corrected chi connectivity index (χ1v) is 10.2. The average Bonchev–Trinajstić information content (AvgIpc) is 2.77. The summed E-state index contributed by atoms with van der Waals surface area (Å²) in [4.78, 5) is 6.69. The summed E-state index contributed by atoms with van der Waals surface area (Å²) >= 11 is 0. The van der Waals surface area contributed by atoms with Crippen molar-refractivity contribution in [3.63, 3.8) is 0 Å². The van der Waals surface area contributed by atoms with Crippen molar-refractivity contribution < 1.29 is 24.8 Å². The Labute approximate surface area is 197 Å². The number of rotatable bonds is 2. The van der Waals surface area contributed by atoms with Crippen molar-refractivity contribution in [3.05, 3.63) is 96.7 Å². The van der Waals surface area contributed by atoms with Gasteiger partial charge in [-0.25, -0.2) is 0 Å². The third-order valence-corrected chi connectivity index (χ3v) is 5.38. The standard InChI is InChI=1S/C27H23N2O.Ir/c1-27(2,3)20-12-14-21(15-13-20)29-23-9-4-5-10-25(23)30-26-18-19(11-16-24(26)29)22-8-6-7-17-28-22;/h4-17H,1-3H3;/q-1;. The van der Waals surface area contributed by atoms with E-state index in [1.807, 2.05) is 36.4 Å². The molecule has 3 nitrogen and oxygen atoms in total. The number of aromatic nitrogens is 1. The van der Waals surface area contributed by atoms with Crippen molar-refractivity contribution in [1.82, 2.24) is 4.98 Å². The van der Waals surface area contributed by atoms with E-state index >= 15 is 0 Å². The molecule has 0 saturated carbocycles. The Morgan fingerprint density at radius 3 is 2.26 bits per heavy atom. The maximum Gasteiger partial charge on any atom is 0.148 e. The van der Waals surface area contributed by atoms with E-state index in [-0.39, 0.29) is 25.5 Å². The van der Waals surface area contributed by atoms with E-state index in [0.29, 0.717) is 5.75 Å². The Bertz CT molecular complexity index is 1200. The van der Waals surface area contributed by atoms with Gasteiger partial charge in [0.1, 0.15) is 5.75 Å². The SMILES string of the molecule is CC(C)(C)c1ccc(N2c3ccc(-c4ccccn4)[c-]c3Oc3ccccc32)cc1.[Ir]. The maximum absolute atomic E-state index is 6.24. The number of pyridine rings is 1. The van der Waals surface area contributed by atoms with E-state index < -0.39 is 0 Å². The minimum absolute atomic E-state index is 0. The minimum atomic E-state index is 0. The molecule has 0 saturated heterocycles. The van der Waals surface area contributed by atoms with Crippen molar-refractivity contribution in [1.29, 1.82) is 0 Å². The van der Waals surface area contributed by atoms with Crippen LogP contribution in [0, 0.1) is 6.07 Å². The smallest absolute Gasteiger partial charge is 0.148 e. The molecule has 0 atom stereocenters. The zero-order valence-corrected chi connectivity index (χ0v) is 20.1. The van der Waals surface area contributed by atoms with Crippen LogP contribution in [0.2, 0.25) is 0 Å². The predicted octanol–water partition coefficient (Wildman–Crippen LogP) is 7.42. The molecule has 157 valence electrons. The van der Waals surface area contributed by atoms with Gasteiger partial charge in [0.15, 0.2) is 0 Å². The third kappa shape index (κ3) is 4.01. The van der Waals surface area contributed by atoms with Gasteiger partial charge in [-0.3, -0.25) is 0 Å². The molecular formula is C27H23IrN2O-. The molecule has 0 amide bonds. The normalized spacial score (nSPS) is 12.3. The largest absolute Gasteiger partial charge is 0.473 e. The van der Waals surface area contributed by atoms with Crippen LogP contribution in [0.15, 0.2) is 85.1 Å². The summed E-state index contributed by atoms with van der Waals surface area (Å²) in [5.74, 6) is 1.52. The molecule has 4 aromatic rings. The van der Waals surface area contributed by atoms with E-state index in [0.717, 1.165) is 34.1 Å². The van der Waals surface area contributed by atoms with Gasteiger partial charge in [-0.1, -0.05) is 63.2 Å². The number of anilines is 3. The number of hydrogen-bond acceptors (Lipinski definition) is 3. The zero-order chi connectivity index (χ0) is 20.7. The van der Waals surface area contributed by atoms with Crippen molar-refractivity contribution in [3.8, 4) is 22.8 Å². The average molecular weight is 584 g/mol. The van der Waals surface area contributed by atoms with Gasteiger partial charge in [-0.2, -0.15) is 0 Å². The van der Waals surface area contributed by atoms with Gasteiger partial charge in [0.05, 0.1) is 11.4 Å². The van der Waals surface area contributed by atoms with Gasteiger partial charge in [0, 0.05) is 37.7 Å². The van der Waals surface area contributed by atoms with Crippen LogP contribution >= 0.6 is 0 Å². The first-order valence-electron chi connectivity index (χ1n) is 10.2. The van der Waals surface area contributed by atoms with Crippen molar-refractivity contribution in [2.24, 2.45) is 0 Å². The van der Waals surface area contributed by atoms with Crippen LogP contribution in [-0.2, 0) is 25.5 Å². The van der Waals surface area contributed by atoms with E-state index in [2.05, 4.69) is 79.2 Å². The van der Waals surface area contributed by atoms with Crippen molar-refractivity contribution in [2.75, 3.05) is 4.90 Å². The molecule has 31 heavy (non-hydrogen) atoms. The van der Waals surface area contributed by atoms with Gasteiger partial charge in [0.25, 0.3) is 0 Å². The minimum Gasteiger partial charge on any atom is -0.473 e. The number of fused-ring (bicyclic) bond motifs is 2. The molecule has 0 bridgehead atoms. The number of hydrogen-bond donors (Lipinski definition) is 0. The van der Waals surface area contributed by atoms with Crippen molar-refractivity contribution >= 4 is 17.1 Å². The van der Waals surface area contributed by atoms with Gasteiger partial charge in [0.2, 0.25) is 0 Å². The molecule has 1 radical (unpaired) electrons. The van der Waals surface area contributed by atoms with Gasteiger partial charge < -0.3 is 14.6 Å². The van der Waals surface area contributed by atoms with E-state index in [1.54, 1.807) is 6.20 Å². The van der Waals surface area contributed by atoms with E-state index in [9.17, 15) is 0 Å². The molecule has 0 spiro atoms. The van der Waals surface area contributed by atoms with Gasteiger partial charge in [-0.15, -0.1) is 17.7 Å². The number of benzene rings is 3. The summed E-state index contributed by atoms with van der Waals surface area (Å²) in [7, 11) is 0. The van der Waals surface area contributed by atoms with E-state index in [1.165, 1.54) is 5.56 Å². The maximum atomic E-state index is 6.24.